The lowest BCUT2D eigenvalue weighted by Crippen LogP contribution is -2.58. The number of aromatic amines is 1. The first kappa shape index (κ1) is 29.2. The minimum Gasteiger partial charge on any atom is -0.480 e. The zero-order chi connectivity index (χ0) is 26.8. The number of H-pyrrole nitrogens is 1. The average molecular weight is 520 g/mol. The summed E-state index contributed by atoms with van der Waals surface area (Å²) in [6.07, 6.45) is 4.84. The van der Waals surface area contributed by atoms with Gasteiger partial charge in [-0.3, -0.25) is 19.2 Å². The number of hydrogen-bond donors (Lipinski definition) is 6. The zero-order valence-corrected chi connectivity index (χ0v) is 22.0. The van der Waals surface area contributed by atoms with Gasteiger partial charge in [-0.25, -0.2) is 0 Å². The Kier molecular flexibility index (Phi) is 11.3. The number of benzene rings is 1. The predicted molar refractivity (Wildman–Crippen MR) is 142 cm³/mol. The predicted octanol–water partition coefficient (Wildman–Crippen LogP) is 1.40. The van der Waals surface area contributed by atoms with Crippen molar-refractivity contribution in [3.8, 4) is 0 Å². The first-order chi connectivity index (χ1) is 17.1. The molecule has 0 radical (unpaired) electrons. The number of nitrogens with one attached hydrogen (secondary N) is 4. The van der Waals surface area contributed by atoms with E-state index in [0.717, 1.165) is 16.5 Å². The van der Waals surface area contributed by atoms with Crippen LogP contribution in [0.4, 0.5) is 0 Å². The Bertz CT molecular complexity index is 1060. The van der Waals surface area contributed by atoms with Crippen molar-refractivity contribution in [3.63, 3.8) is 0 Å². The zero-order valence-electron chi connectivity index (χ0n) is 21.2. The number of aliphatic carboxylic acids is 1. The fraction of sp³-hybridized carbons (Fsp3) is 0.520. The Morgan fingerprint density at radius 1 is 1.03 bits per heavy atom. The number of carbonyl (C=O) groups is 4. The molecule has 1 aromatic heterocycles. The van der Waals surface area contributed by atoms with Gasteiger partial charge in [0.05, 0.1) is 6.04 Å². The quantitative estimate of drug-likeness (QED) is 0.219. The number of nitrogens with two attached hydrogens (primary N) is 1. The van der Waals surface area contributed by atoms with E-state index in [2.05, 4.69) is 20.9 Å². The van der Waals surface area contributed by atoms with Gasteiger partial charge in [-0.2, -0.15) is 11.8 Å². The van der Waals surface area contributed by atoms with Gasteiger partial charge < -0.3 is 31.8 Å². The maximum Gasteiger partial charge on any atom is 0.325 e. The molecule has 0 saturated carbocycles. The van der Waals surface area contributed by atoms with E-state index in [0.29, 0.717) is 18.6 Å². The normalized spacial score (nSPS) is 15.4. The number of hydrogen-bond acceptors (Lipinski definition) is 6. The second kappa shape index (κ2) is 13.9. The molecule has 0 bridgehead atoms. The largest absolute Gasteiger partial charge is 0.480 e. The lowest BCUT2D eigenvalue weighted by Gasteiger charge is -2.25. The van der Waals surface area contributed by atoms with E-state index in [1.807, 2.05) is 44.4 Å². The van der Waals surface area contributed by atoms with Gasteiger partial charge >= 0.3 is 5.97 Å². The highest BCUT2D eigenvalue weighted by Crippen LogP contribution is 2.19. The van der Waals surface area contributed by atoms with Crippen molar-refractivity contribution in [2.45, 2.75) is 64.2 Å². The number of rotatable bonds is 14. The van der Waals surface area contributed by atoms with Crippen LogP contribution < -0.4 is 21.7 Å². The fourth-order valence-electron chi connectivity index (χ4n) is 3.66. The van der Waals surface area contributed by atoms with E-state index in [1.54, 1.807) is 6.20 Å². The van der Waals surface area contributed by atoms with Gasteiger partial charge in [0.1, 0.15) is 18.1 Å². The lowest BCUT2D eigenvalue weighted by molar-refractivity contribution is -0.141. The second-order valence-corrected chi connectivity index (χ2v) is 9.93. The van der Waals surface area contributed by atoms with Gasteiger partial charge in [0.2, 0.25) is 17.7 Å². The monoisotopic (exact) mass is 519 g/mol. The van der Waals surface area contributed by atoms with Crippen LogP contribution in [0.25, 0.3) is 10.9 Å². The van der Waals surface area contributed by atoms with Crippen molar-refractivity contribution < 1.29 is 24.3 Å². The number of carboxylic acids is 1. The van der Waals surface area contributed by atoms with Gasteiger partial charge in [-0.05, 0) is 42.9 Å². The van der Waals surface area contributed by atoms with Crippen LogP contribution in [0.15, 0.2) is 30.5 Å². The number of para-hydroxylation sites is 1. The first-order valence-corrected chi connectivity index (χ1v) is 13.4. The van der Waals surface area contributed by atoms with Gasteiger partial charge in [0.25, 0.3) is 0 Å². The van der Waals surface area contributed by atoms with Crippen molar-refractivity contribution in [1.29, 1.82) is 0 Å². The van der Waals surface area contributed by atoms with Gasteiger partial charge in [-0.1, -0.05) is 38.5 Å². The molecule has 0 aliphatic rings. The van der Waals surface area contributed by atoms with E-state index in [9.17, 15) is 24.3 Å². The summed E-state index contributed by atoms with van der Waals surface area (Å²) in [5.74, 6) is -2.24. The van der Waals surface area contributed by atoms with Crippen LogP contribution in [0.1, 0.15) is 39.2 Å². The smallest absolute Gasteiger partial charge is 0.325 e. The first-order valence-electron chi connectivity index (χ1n) is 12.0. The topological polar surface area (TPSA) is 166 Å². The van der Waals surface area contributed by atoms with Crippen LogP contribution in [0, 0.1) is 5.92 Å². The molecule has 1 aromatic carbocycles. The Labute approximate surface area is 215 Å². The summed E-state index contributed by atoms with van der Waals surface area (Å²) in [4.78, 5) is 53.5. The third-order valence-corrected chi connectivity index (χ3v) is 6.91. The van der Waals surface area contributed by atoms with Crippen molar-refractivity contribution in [1.82, 2.24) is 20.9 Å². The summed E-state index contributed by atoms with van der Waals surface area (Å²) in [5, 5.41) is 18.0. The third-order valence-electron chi connectivity index (χ3n) is 6.26. The summed E-state index contributed by atoms with van der Waals surface area (Å²) in [7, 11) is 0. The molecule has 0 saturated heterocycles. The van der Waals surface area contributed by atoms with E-state index < -0.39 is 47.9 Å². The maximum atomic E-state index is 13.3. The Balaban J connectivity index is 2.26. The van der Waals surface area contributed by atoms with E-state index in [-0.39, 0.29) is 12.3 Å². The highest BCUT2D eigenvalue weighted by atomic mass is 32.2. The minimum atomic E-state index is -1.19. The number of amides is 3. The maximum absolute atomic E-state index is 13.3. The second-order valence-electron chi connectivity index (χ2n) is 8.95. The standard InChI is InChI=1S/C25H37N5O5S/c1-5-14(2)21(26)24(33)29-19(10-11-36-4)22(31)30-20(23(32)28-15(3)25(34)35)12-16-13-27-18-9-7-6-8-17(16)18/h6-9,13-15,19-21,27H,5,10-12,26H2,1-4H3,(H,28,32)(H,29,33)(H,30,31)(H,34,35). The number of carboxylic acid groups (broad SMARTS) is 1. The molecule has 7 N–H and O–H groups in total. The van der Waals surface area contributed by atoms with Crippen LogP contribution in [0.2, 0.25) is 0 Å². The fourth-order valence-corrected chi connectivity index (χ4v) is 4.13. The molecule has 198 valence electrons. The van der Waals surface area contributed by atoms with Gasteiger partial charge in [0.15, 0.2) is 0 Å². The number of thioether (sulfide) groups is 1. The molecule has 11 heteroatoms. The molecule has 3 amide bonds. The molecule has 0 fully saturated rings. The highest BCUT2D eigenvalue weighted by Gasteiger charge is 2.30. The van der Waals surface area contributed by atoms with E-state index in [4.69, 9.17) is 5.73 Å². The van der Waals surface area contributed by atoms with Crippen molar-refractivity contribution in [3.05, 3.63) is 36.0 Å². The Morgan fingerprint density at radius 2 is 1.67 bits per heavy atom. The third kappa shape index (κ3) is 7.99. The SMILES string of the molecule is CCC(C)C(N)C(=O)NC(CCSC)C(=O)NC(Cc1c[nH]c2ccccc12)C(=O)NC(C)C(=O)O. The summed E-state index contributed by atoms with van der Waals surface area (Å²) in [5.41, 5.74) is 7.72. The van der Waals surface area contributed by atoms with Gasteiger partial charge in [0, 0.05) is 23.5 Å². The summed E-state index contributed by atoms with van der Waals surface area (Å²) in [6.45, 7) is 5.15. The minimum absolute atomic E-state index is 0.0628. The molecule has 0 spiro atoms. The van der Waals surface area contributed by atoms with E-state index in [1.165, 1.54) is 18.7 Å². The number of carbonyl (C=O) groups excluding carboxylic acids is 3. The molecule has 5 unspecified atom stereocenters. The highest BCUT2D eigenvalue weighted by molar-refractivity contribution is 7.98. The summed E-state index contributed by atoms with van der Waals surface area (Å²) < 4.78 is 0. The summed E-state index contributed by atoms with van der Waals surface area (Å²) >= 11 is 1.52. The molecule has 1 heterocycles. The van der Waals surface area contributed by atoms with Gasteiger partial charge in [-0.15, -0.1) is 0 Å². The molecule has 0 aliphatic heterocycles. The molecule has 5 atom stereocenters. The number of aromatic nitrogens is 1. The molecular weight excluding hydrogens is 482 g/mol. The Hall–Kier alpha value is -3.05. The van der Waals surface area contributed by atoms with Crippen LogP contribution in [0.5, 0.6) is 0 Å². The molecule has 2 aromatic rings. The molecule has 10 nitrogen and oxygen atoms in total. The van der Waals surface area contributed by atoms with Crippen molar-refractivity contribution in [2.24, 2.45) is 11.7 Å². The van der Waals surface area contributed by atoms with Crippen molar-refractivity contribution >= 4 is 46.4 Å². The van der Waals surface area contributed by atoms with E-state index >= 15 is 0 Å². The summed E-state index contributed by atoms with van der Waals surface area (Å²) in [6, 6.07) is 3.69. The molecule has 0 aliphatic carbocycles. The van der Waals surface area contributed by atoms with Crippen LogP contribution >= 0.6 is 11.8 Å². The van der Waals surface area contributed by atoms with Crippen LogP contribution in [0.3, 0.4) is 0 Å². The van der Waals surface area contributed by atoms with Crippen molar-refractivity contribution in [2.75, 3.05) is 12.0 Å². The Morgan fingerprint density at radius 3 is 2.31 bits per heavy atom. The molecule has 36 heavy (non-hydrogen) atoms. The molecular formula is C25H37N5O5S. The molecule has 2 rings (SSSR count). The average Bonchev–Trinajstić information content (AvgIpc) is 3.27. The van der Waals surface area contributed by atoms with Crippen LogP contribution in [-0.4, -0.2) is 70.0 Å². The lowest BCUT2D eigenvalue weighted by atomic mass is 9.99. The van der Waals surface area contributed by atoms with Crippen LogP contribution in [-0.2, 0) is 25.6 Å². The number of fused-ring (bicyclic) bond motifs is 1.